The second-order valence-corrected chi connectivity index (χ2v) is 18.6. The van der Waals surface area contributed by atoms with Crippen molar-refractivity contribution >= 4 is 34.1 Å². The van der Waals surface area contributed by atoms with Gasteiger partial charge in [-0.3, -0.25) is 19.7 Å². The average Bonchev–Trinajstić information content (AvgIpc) is 3.58. The van der Waals surface area contributed by atoms with E-state index < -0.39 is 0 Å². The molecule has 1 unspecified atom stereocenters. The van der Waals surface area contributed by atoms with Crippen molar-refractivity contribution in [2.45, 2.75) is 76.5 Å². The van der Waals surface area contributed by atoms with Gasteiger partial charge in [0.25, 0.3) is 5.56 Å². The Balaban J connectivity index is 0.738. The Morgan fingerprint density at radius 1 is 0.903 bits per heavy atom. The number of imide groups is 1. The van der Waals surface area contributed by atoms with Crippen LogP contribution < -0.4 is 30.0 Å². The normalized spacial score (nSPS) is 21.0. The largest absolute Gasteiger partial charge is 0.496 e. The summed E-state index contributed by atoms with van der Waals surface area (Å²) in [5.41, 5.74) is 6.25. The number of pyridine rings is 2. The molecule has 5 aliphatic rings. The minimum Gasteiger partial charge on any atom is -0.496 e. The minimum absolute atomic E-state index is 0.0796. The van der Waals surface area contributed by atoms with E-state index in [0.29, 0.717) is 30.2 Å². The van der Waals surface area contributed by atoms with Crippen LogP contribution in [0.3, 0.4) is 0 Å². The molecule has 3 saturated heterocycles. The number of fused-ring (bicyclic) bond motifs is 2. The van der Waals surface area contributed by atoms with E-state index in [-0.39, 0.29) is 29.5 Å². The van der Waals surface area contributed by atoms with Crippen molar-refractivity contribution in [3.05, 3.63) is 82.4 Å². The van der Waals surface area contributed by atoms with Crippen molar-refractivity contribution in [3.8, 4) is 28.4 Å². The molecule has 2 amide bonds. The number of aryl methyl sites for hydroxylation is 1. The molecule has 1 aliphatic carbocycles. The molecule has 13 heteroatoms. The van der Waals surface area contributed by atoms with Gasteiger partial charge in [0.1, 0.15) is 29.1 Å². The summed E-state index contributed by atoms with van der Waals surface area (Å²) in [5.74, 6) is 3.54. The van der Waals surface area contributed by atoms with Crippen LogP contribution in [0.2, 0.25) is 0 Å². The molecule has 328 valence electrons. The van der Waals surface area contributed by atoms with E-state index in [1.54, 1.807) is 32.0 Å². The standard InChI is InChI=1S/C49H61N7O6/c1-31-38-23-35(8-7-33(38)29-56(31)42-9-10-46(57)51-47(42)58)62-36-25-49(26-36)14-19-55(20-15-49)28-32-11-16-54(17-12-32)18-13-37-43(60-5)21-34(22-44(37)61-6)41-30-53(4)48(59)40-27-50-45(52(2)3)24-39(40)41/h7-8,21-24,27,30,32,36,42H,1,9-20,25-26,28-29H2,2-6H3,(H,51,57,58). The van der Waals surface area contributed by atoms with Gasteiger partial charge in [-0.2, -0.15) is 0 Å². The van der Waals surface area contributed by atoms with E-state index in [4.69, 9.17) is 14.2 Å². The van der Waals surface area contributed by atoms with Crippen molar-refractivity contribution in [1.82, 2.24) is 29.6 Å². The lowest BCUT2D eigenvalue weighted by Crippen LogP contribution is -2.51. The number of carbonyl (C=O) groups excluding carboxylic acids is 2. The Hall–Kier alpha value is -5.40. The third-order valence-electron chi connectivity index (χ3n) is 14.5. The first-order valence-corrected chi connectivity index (χ1v) is 22.4. The summed E-state index contributed by atoms with van der Waals surface area (Å²) < 4.78 is 20.1. The van der Waals surface area contributed by atoms with Gasteiger partial charge < -0.3 is 38.4 Å². The number of methoxy groups -OCH3 is 2. The molecule has 9 rings (SSSR count). The number of piperidine rings is 3. The van der Waals surface area contributed by atoms with E-state index in [0.717, 1.165) is 107 Å². The number of amides is 2. The molecule has 4 aliphatic heterocycles. The fraction of sp³-hybridized carbons (Fsp3) is 0.510. The molecule has 1 N–H and O–H groups in total. The number of aromatic nitrogens is 2. The Labute approximate surface area is 364 Å². The number of benzene rings is 2. The van der Waals surface area contributed by atoms with E-state index in [1.165, 1.54) is 45.3 Å². The van der Waals surface area contributed by atoms with Gasteiger partial charge in [-0.05, 0) is 130 Å². The minimum atomic E-state index is -0.362. The van der Waals surface area contributed by atoms with E-state index in [1.807, 2.05) is 36.2 Å². The zero-order valence-electron chi connectivity index (χ0n) is 37.0. The predicted octanol–water partition coefficient (Wildman–Crippen LogP) is 5.85. The van der Waals surface area contributed by atoms with Gasteiger partial charge in [-0.15, -0.1) is 0 Å². The summed E-state index contributed by atoms with van der Waals surface area (Å²) >= 11 is 0. The van der Waals surface area contributed by atoms with Crippen LogP contribution in [0, 0.1) is 11.3 Å². The SMILES string of the molecule is C=C1c2cc(OC3CC4(CCN(CC5CCN(CCc6c(OC)cc(-c7cn(C)c(=O)c8cnc(N(C)C)cc78)cc6OC)CC5)CC4)C3)ccc2CN1C1CCC(=O)NC1=O. The summed E-state index contributed by atoms with van der Waals surface area (Å²) in [6, 6.07) is 12.0. The van der Waals surface area contributed by atoms with E-state index >= 15 is 0 Å². The Bertz CT molecular complexity index is 2410. The number of nitrogens with zero attached hydrogens (tertiary/aromatic N) is 6. The van der Waals surface area contributed by atoms with Crippen LogP contribution in [-0.4, -0.2) is 116 Å². The van der Waals surface area contributed by atoms with Crippen LogP contribution in [-0.2, 0) is 29.6 Å². The maximum absolute atomic E-state index is 13.1. The Morgan fingerprint density at radius 3 is 2.31 bits per heavy atom. The molecule has 62 heavy (non-hydrogen) atoms. The van der Waals surface area contributed by atoms with Crippen LogP contribution in [0.4, 0.5) is 5.82 Å². The van der Waals surface area contributed by atoms with Gasteiger partial charge >= 0.3 is 0 Å². The quantitative estimate of drug-likeness (QED) is 0.173. The van der Waals surface area contributed by atoms with Gasteiger partial charge in [0.15, 0.2) is 0 Å². The highest BCUT2D eigenvalue weighted by Crippen LogP contribution is 2.51. The van der Waals surface area contributed by atoms with Crippen LogP contribution in [0.1, 0.15) is 68.1 Å². The van der Waals surface area contributed by atoms with Gasteiger partial charge in [0, 0.05) is 87.4 Å². The number of anilines is 1. The highest BCUT2D eigenvalue weighted by Gasteiger charge is 2.47. The summed E-state index contributed by atoms with van der Waals surface area (Å²) in [6.45, 7) is 11.6. The first-order chi connectivity index (χ1) is 29.9. The third-order valence-corrected chi connectivity index (χ3v) is 14.5. The fourth-order valence-corrected chi connectivity index (χ4v) is 10.8. The second kappa shape index (κ2) is 17.0. The summed E-state index contributed by atoms with van der Waals surface area (Å²) in [6.07, 6.45) is 12.6. The average molecular weight is 844 g/mol. The number of carbonyl (C=O) groups is 2. The van der Waals surface area contributed by atoms with Gasteiger partial charge in [-0.25, -0.2) is 4.98 Å². The highest BCUT2D eigenvalue weighted by molar-refractivity contribution is 6.01. The highest BCUT2D eigenvalue weighted by atomic mass is 16.5. The molecule has 1 atom stereocenters. The number of hydrogen-bond donors (Lipinski definition) is 1. The fourth-order valence-electron chi connectivity index (χ4n) is 10.8. The van der Waals surface area contributed by atoms with Gasteiger partial charge in [-0.1, -0.05) is 12.6 Å². The van der Waals surface area contributed by atoms with Crippen LogP contribution in [0.25, 0.3) is 27.6 Å². The summed E-state index contributed by atoms with van der Waals surface area (Å²) in [7, 11) is 9.10. The molecule has 6 heterocycles. The lowest BCUT2D eigenvalue weighted by atomic mass is 9.61. The first kappa shape index (κ1) is 41.9. The molecular weight excluding hydrogens is 783 g/mol. The first-order valence-electron chi connectivity index (χ1n) is 22.4. The Morgan fingerprint density at radius 2 is 1.63 bits per heavy atom. The third kappa shape index (κ3) is 8.17. The van der Waals surface area contributed by atoms with Crippen LogP contribution in [0.5, 0.6) is 17.2 Å². The lowest BCUT2D eigenvalue weighted by Gasteiger charge is -2.52. The van der Waals surface area contributed by atoms with E-state index in [9.17, 15) is 14.4 Å². The molecule has 4 fully saturated rings. The molecule has 0 radical (unpaired) electrons. The summed E-state index contributed by atoms with van der Waals surface area (Å²) in [4.78, 5) is 51.1. The zero-order chi connectivity index (χ0) is 43.3. The molecule has 0 bridgehead atoms. The van der Waals surface area contributed by atoms with Gasteiger partial charge in [0.2, 0.25) is 11.8 Å². The molecule has 2 aromatic carbocycles. The van der Waals surface area contributed by atoms with Crippen LogP contribution in [0.15, 0.2) is 60.2 Å². The van der Waals surface area contributed by atoms with Crippen molar-refractivity contribution in [1.29, 1.82) is 0 Å². The molecule has 1 saturated carbocycles. The molecule has 13 nitrogen and oxygen atoms in total. The van der Waals surface area contributed by atoms with Gasteiger partial charge in [0.05, 0.1) is 25.7 Å². The van der Waals surface area contributed by atoms with Crippen LogP contribution >= 0.6 is 0 Å². The van der Waals surface area contributed by atoms with Crippen molar-refractivity contribution < 1.29 is 23.8 Å². The maximum atomic E-state index is 13.1. The number of ether oxygens (including phenoxy) is 3. The molecular formula is C49H61N7O6. The maximum Gasteiger partial charge on any atom is 0.259 e. The predicted molar refractivity (Wildman–Crippen MR) is 242 cm³/mol. The number of hydrogen-bond acceptors (Lipinski definition) is 11. The zero-order valence-corrected chi connectivity index (χ0v) is 37.0. The smallest absolute Gasteiger partial charge is 0.259 e. The molecule has 1 spiro atoms. The summed E-state index contributed by atoms with van der Waals surface area (Å²) in [5, 5.41) is 3.91. The number of nitrogens with one attached hydrogen (secondary N) is 1. The number of rotatable bonds is 12. The molecule has 2 aromatic heterocycles. The van der Waals surface area contributed by atoms with Crippen molar-refractivity contribution in [3.63, 3.8) is 0 Å². The lowest BCUT2D eigenvalue weighted by molar-refractivity contribution is -0.136. The molecule has 4 aromatic rings. The topological polar surface area (TPSA) is 122 Å². The van der Waals surface area contributed by atoms with Crippen molar-refractivity contribution in [2.75, 3.05) is 72.5 Å². The van der Waals surface area contributed by atoms with E-state index in [2.05, 4.69) is 57.0 Å². The monoisotopic (exact) mass is 843 g/mol. The van der Waals surface area contributed by atoms with Crippen molar-refractivity contribution in [2.24, 2.45) is 18.4 Å². The second-order valence-electron chi connectivity index (χ2n) is 18.6. The Kier molecular flexibility index (Phi) is 11.5. The number of likely N-dealkylation sites (tertiary alicyclic amines) is 2.